The molecule has 0 aromatic heterocycles. The molecule has 1 saturated carbocycles. The second kappa shape index (κ2) is 4.35. The van der Waals surface area contributed by atoms with Gasteiger partial charge in [-0.25, -0.2) is 4.39 Å². The molecule has 0 saturated heterocycles. The molecule has 2 heteroatoms. The number of thioether (sulfide) groups is 1. The summed E-state index contributed by atoms with van der Waals surface area (Å²) < 4.78 is 14.2. The Labute approximate surface area is 88.9 Å². The average molecular weight is 210 g/mol. The molecule has 14 heavy (non-hydrogen) atoms. The molecule has 0 heterocycles. The van der Waals surface area contributed by atoms with Crippen molar-refractivity contribution >= 4 is 11.8 Å². The van der Waals surface area contributed by atoms with Gasteiger partial charge in [-0.2, -0.15) is 0 Å². The van der Waals surface area contributed by atoms with E-state index in [4.69, 9.17) is 0 Å². The molecule has 0 spiro atoms. The van der Waals surface area contributed by atoms with E-state index in [9.17, 15) is 4.39 Å². The van der Waals surface area contributed by atoms with E-state index in [0.29, 0.717) is 12.8 Å². The maximum absolute atomic E-state index is 14.2. The molecule has 0 amide bonds. The van der Waals surface area contributed by atoms with E-state index < -0.39 is 5.00 Å². The van der Waals surface area contributed by atoms with Crippen molar-refractivity contribution in [1.29, 1.82) is 0 Å². The predicted octanol–water partition coefficient (Wildman–Crippen LogP) is 4.41. The van der Waals surface area contributed by atoms with Crippen molar-refractivity contribution < 1.29 is 4.39 Å². The smallest absolute Gasteiger partial charge is 0.160 e. The number of benzene rings is 1. The summed E-state index contributed by atoms with van der Waals surface area (Å²) in [4.78, 5) is 1.05. The Morgan fingerprint density at radius 2 is 1.64 bits per heavy atom. The van der Waals surface area contributed by atoms with Crippen molar-refractivity contribution in [1.82, 2.24) is 0 Å². The quantitative estimate of drug-likeness (QED) is 0.696. The Hall–Kier alpha value is -0.500. The summed E-state index contributed by atoms with van der Waals surface area (Å²) in [6.07, 6.45) is 4.70. The maximum atomic E-state index is 14.2. The third-order valence-electron chi connectivity index (χ3n) is 2.64. The second-order valence-electron chi connectivity index (χ2n) is 3.86. The highest BCUT2D eigenvalue weighted by Gasteiger charge is 2.32. The number of hydrogen-bond acceptors (Lipinski definition) is 1. The zero-order chi connectivity index (χ0) is 9.86. The molecular weight excluding hydrogens is 195 g/mol. The molecule has 0 unspecified atom stereocenters. The number of rotatable bonds is 2. The minimum Gasteiger partial charge on any atom is -0.232 e. The van der Waals surface area contributed by atoms with Crippen LogP contribution in [0.4, 0.5) is 4.39 Å². The Morgan fingerprint density at radius 3 is 2.29 bits per heavy atom. The second-order valence-corrected chi connectivity index (χ2v) is 5.27. The van der Waals surface area contributed by atoms with Gasteiger partial charge in [0.25, 0.3) is 0 Å². The first-order valence-corrected chi connectivity index (χ1v) is 6.03. The van der Waals surface area contributed by atoms with Crippen LogP contribution in [0.25, 0.3) is 0 Å². The summed E-state index contributed by atoms with van der Waals surface area (Å²) >= 11 is 1.40. The Morgan fingerprint density at radius 1 is 1.00 bits per heavy atom. The van der Waals surface area contributed by atoms with Crippen LogP contribution in [0.5, 0.6) is 0 Å². The summed E-state index contributed by atoms with van der Waals surface area (Å²) in [7, 11) is 0. The van der Waals surface area contributed by atoms with Gasteiger partial charge >= 0.3 is 0 Å². The fourth-order valence-electron chi connectivity index (χ4n) is 1.88. The van der Waals surface area contributed by atoms with Gasteiger partial charge in [-0.05, 0) is 37.8 Å². The Bertz CT molecular complexity index is 278. The van der Waals surface area contributed by atoms with Crippen LogP contribution in [0.1, 0.15) is 32.1 Å². The zero-order valence-corrected chi connectivity index (χ0v) is 9.02. The van der Waals surface area contributed by atoms with Gasteiger partial charge in [0, 0.05) is 4.90 Å². The van der Waals surface area contributed by atoms with Gasteiger partial charge in [-0.1, -0.05) is 36.4 Å². The van der Waals surface area contributed by atoms with Crippen LogP contribution >= 0.6 is 11.8 Å². The summed E-state index contributed by atoms with van der Waals surface area (Å²) in [6, 6.07) is 9.88. The van der Waals surface area contributed by atoms with Crippen LogP contribution in [-0.2, 0) is 0 Å². The van der Waals surface area contributed by atoms with Gasteiger partial charge < -0.3 is 0 Å². The van der Waals surface area contributed by atoms with Crippen LogP contribution in [-0.4, -0.2) is 5.00 Å². The molecule has 0 radical (unpaired) electrons. The largest absolute Gasteiger partial charge is 0.232 e. The number of halogens is 1. The normalized spacial score (nSPS) is 20.6. The predicted molar refractivity (Wildman–Crippen MR) is 59.2 cm³/mol. The van der Waals surface area contributed by atoms with E-state index in [1.807, 2.05) is 30.3 Å². The van der Waals surface area contributed by atoms with Gasteiger partial charge in [0.15, 0.2) is 5.00 Å². The summed E-state index contributed by atoms with van der Waals surface area (Å²) in [5.41, 5.74) is 0. The van der Waals surface area contributed by atoms with Crippen LogP contribution < -0.4 is 0 Å². The maximum Gasteiger partial charge on any atom is 0.160 e. The SMILES string of the molecule is FC1(Sc2ccccc2)CCCCC1. The minimum absolute atomic E-state index is 0.715. The molecule has 1 aromatic rings. The lowest BCUT2D eigenvalue weighted by Crippen LogP contribution is -2.21. The molecule has 1 aliphatic rings. The molecule has 1 aliphatic carbocycles. The lowest BCUT2D eigenvalue weighted by Gasteiger charge is -2.28. The molecule has 1 aromatic carbocycles. The van der Waals surface area contributed by atoms with E-state index in [2.05, 4.69) is 0 Å². The summed E-state index contributed by atoms with van der Waals surface area (Å²) in [5, 5.41) is -1.00. The molecule has 76 valence electrons. The van der Waals surface area contributed by atoms with Crippen LogP contribution in [0.15, 0.2) is 35.2 Å². The summed E-state index contributed by atoms with van der Waals surface area (Å²) in [6.45, 7) is 0. The summed E-state index contributed by atoms with van der Waals surface area (Å²) in [5.74, 6) is 0. The van der Waals surface area contributed by atoms with Crippen LogP contribution in [0.3, 0.4) is 0 Å². The third kappa shape index (κ3) is 2.50. The lowest BCUT2D eigenvalue weighted by molar-refractivity contribution is 0.212. The van der Waals surface area contributed by atoms with E-state index in [-0.39, 0.29) is 0 Å². The van der Waals surface area contributed by atoms with Crippen molar-refractivity contribution in [2.45, 2.75) is 42.0 Å². The highest BCUT2D eigenvalue weighted by Crippen LogP contribution is 2.44. The first-order chi connectivity index (χ1) is 6.79. The molecule has 0 aliphatic heterocycles. The van der Waals surface area contributed by atoms with Crippen molar-refractivity contribution in [3.8, 4) is 0 Å². The lowest BCUT2D eigenvalue weighted by atomic mass is 9.98. The van der Waals surface area contributed by atoms with Crippen LogP contribution in [0, 0.1) is 0 Å². The molecule has 0 nitrogen and oxygen atoms in total. The minimum atomic E-state index is -1.00. The van der Waals surface area contributed by atoms with Crippen molar-refractivity contribution in [3.05, 3.63) is 30.3 Å². The highest BCUT2D eigenvalue weighted by atomic mass is 32.2. The zero-order valence-electron chi connectivity index (χ0n) is 8.21. The van der Waals surface area contributed by atoms with E-state index in [0.717, 1.165) is 17.7 Å². The molecule has 0 bridgehead atoms. The molecule has 0 N–H and O–H groups in total. The van der Waals surface area contributed by atoms with E-state index in [1.54, 1.807) is 0 Å². The van der Waals surface area contributed by atoms with Crippen LogP contribution in [0.2, 0.25) is 0 Å². The Kier molecular flexibility index (Phi) is 3.12. The first-order valence-electron chi connectivity index (χ1n) is 5.22. The number of hydrogen-bond donors (Lipinski definition) is 0. The first kappa shape index (κ1) is 10.0. The topological polar surface area (TPSA) is 0 Å². The molecule has 2 rings (SSSR count). The fraction of sp³-hybridized carbons (Fsp3) is 0.500. The van der Waals surface area contributed by atoms with E-state index >= 15 is 0 Å². The van der Waals surface area contributed by atoms with Gasteiger partial charge in [-0.3, -0.25) is 0 Å². The molecule has 0 atom stereocenters. The van der Waals surface area contributed by atoms with Crippen molar-refractivity contribution in [2.24, 2.45) is 0 Å². The van der Waals surface area contributed by atoms with Gasteiger partial charge in [0.05, 0.1) is 0 Å². The molecular formula is C12H15FS. The monoisotopic (exact) mass is 210 g/mol. The van der Waals surface area contributed by atoms with Gasteiger partial charge in [0.1, 0.15) is 0 Å². The van der Waals surface area contributed by atoms with Gasteiger partial charge in [0.2, 0.25) is 0 Å². The standard InChI is InChI=1S/C12H15FS/c13-12(9-5-2-6-10-12)14-11-7-3-1-4-8-11/h1,3-4,7-8H,2,5-6,9-10H2. The van der Waals surface area contributed by atoms with E-state index in [1.165, 1.54) is 18.2 Å². The average Bonchev–Trinajstić information content (AvgIpc) is 2.19. The highest BCUT2D eigenvalue weighted by molar-refractivity contribution is 8.00. The number of alkyl halides is 1. The van der Waals surface area contributed by atoms with Gasteiger partial charge in [-0.15, -0.1) is 0 Å². The molecule has 1 fully saturated rings. The van der Waals surface area contributed by atoms with Crippen molar-refractivity contribution in [3.63, 3.8) is 0 Å². The third-order valence-corrected chi connectivity index (χ3v) is 3.93. The Balaban J connectivity index is 2.02. The fourth-order valence-corrected chi connectivity index (χ4v) is 3.09. The van der Waals surface area contributed by atoms with Crippen molar-refractivity contribution in [2.75, 3.05) is 0 Å².